The molecule has 1 aliphatic rings. The van der Waals surface area contributed by atoms with Crippen molar-refractivity contribution in [1.29, 1.82) is 0 Å². The predicted molar refractivity (Wildman–Crippen MR) is 82.3 cm³/mol. The second kappa shape index (κ2) is 6.15. The van der Waals surface area contributed by atoms with Crippen LogP contribution in [0.1, 0.15) is 42.9 Å². The molecule has 1 aromatic rings. The molecule has 1 aromatic carbocycles. The minimum absolute atomic E-state index is 0.743. The molecule has 0 atom stereocenters. The lowest BCUT2D eigenvalue weighted by atomic mass is 9.81. The third-order valence-electron chi connectivity index (χ3n) is 4.35. The first-order valence-corrected chi connectivity index (χ1v) is 7.60. The first kappa shape index (κ1) is 15.3. The molecule has 0 aromatic heterocycles. The van der Waals surface area contributed by atoms with Crippen LogP contribution in [0, 0.1) is 13.8 Å². The first-order chi connectivity index (χ1) is 9.50. The number of aryl methyl sites for hydroxylation is 2. The van der Waals surface area contributed by atoms with E-state index in [0.29, 0.717) is 0 Å². The normalized spacial score (nSPS) is 19.1. The summed E-state index contributed by atoms with van der Waals surface area (Å²) in [6.45, 7) is 9.38. The molecule has 3 nitrogen and oxygen atoms in total. The van der Waals surface area contributed by atoms with Gasteiger partial charge in [-0.05, 0) is 56.8 Å². The molecule has 0 radical (unpaired) electrons. The summed E-state index contributed by atoms with van der Waals surface area (Å²) in [6.07, 6.45) is 2.74. The van der Waals surface area contributed by atoms with E-state index in [1.165, 1.54) is 12.0 Å². The van der Waals surface area contributed by atoms with Crippen molar-refractivity contribution in [1.82, 2.24) is 4.90 Å². The van der Waals surface area contributed by atoms with E-state index in [1.54, 1.807) is 7.11 Å². The quantitative estimate of drug-likeness (QED) is 0.918. The van der Waals surface area contributed by atoms with Crippen LogP contribution in [0.3, 0.4) is 0 Å². The third kappa shape index (κ3) is 2.99. The largest absolute Gasteiger partial charge is 0.496 e. The standard InChI is InChI=1S/C17H27NO2/c1-5-8-18-9-6-17(19,7-10-18)16-14(3)11-13(2)12-15(16)20-4/h11-12,19H,5-10H2,1-4H3. The maximum Gasteiger partial charge on any atom is 0.125 e. The summed E-state index contributed by atoms with van der Waals surface area (Å²) in [7, 11) is 1.69. The van der Waals surface area contributed by atoms with Crippen molar-refractivity contribution in [3.8, 4) is 5.75 Å². The Bertz CT molecular complexity index is 462. The van der Waals surface area contributed by atoms with Gasteiger partial charge < -0.3 is 14.7 Å². The van der Waals surface area contributed by atoms with Crippen molar-refractivity contribution in [3.05, 3.63) is 28.8 Å². The highest BCUT2D eigenvalue weighted by Gasteiger charge is 2.37. The molecule has 0 aliphatic carbocycles. The molecular formula is C17H27NO2. The van der Waals surface area contributed by atoms with Gasteiger partial charge in [-0.25, -0.2) is 0 Å². The van der Waals surface area contributed by atoms with Crippen LogP contribution in [-0.2, 0) is 5.60 Å². The maximum atomic E-state index is 11.1. The lowest BCUT2D eigenvalue weighted by molar-refractivity contribution is -0.0277. The molecule has 1 N–H and O–H groups in total. The van der Waals surface area contributed by atoms with E-state index in [9.17, 15) is 5.11 Å². The maximum absolute atomic E-state index is 11.1. The minimum atomic E-state index is -0.743. The Morgan fingerprint density at radius 1 is 1.25 bits per heavy atom. The van der Waals surface area contributed by atoms with Crippen LogP contribution in [0.5, 0.6) is 5.75 Å². The van der Waals surface area contributed by atoms with Crippen LogP contribution < -0.4 is 4.74 Å². The van der Waals surface area contributed by atoms with Gasteiger partial charge in [-0.3, -0.25) is 0 Å². The lowest BCUT2D eigenvalue weighted by Gasteiger charge is -2.39. The summed E-state index contributed by atoms with van der Waals surface area (Å²) in [5, 5.41) is 11.1. The Hall–Kier alpha value is -1.06. The molecule has 3 heteroatoms. The molecule has 0 unspecified atom stereocenters. The second-order valence-corrected chi connectivity index (χ2v) is 6.03. The lowest BCUT2D eigenvalue weighted by Crippen LogP contribution is -2.43. The Labute approximate surface area is 122 Å². The van der Waals surface area contributed by atoms with Crippen LogP contribution in [0.2, 0.25) is 0 Å². The number of nitrogens with zero attached hydrogens (tertiary/aromatic N) is 1. The predicted octanol–water partition coefficient (Wildman–Crippen LogP) is 3.01. The Balaban J connectivity index is 2.27. The van der Waals surface area contributed by atoms with E-state index in [0.717, 1.165) is 49.4 Å². The molecule has 0 spiro atoms. The zero-order valence-electron chi connectivity index (χ0n) is 13.2. The topological polar surface area (TPSA) is 32.7 Å². The molecule has 20 heavy (non-hydrogen) atoms. The number of aliphatic hydroxyl groups is 1. The zero-order valence-corrected chi connectivity index (χ0v) is 13.2. The zero-order chi connectivity index (χ0) is 14.8. The highest BCUT2D eigenvalue weighted by atomic mass is 16.5. The van der Waals surface area contributed by atoms with Crippen molar-refractivity contribution >= 4 is 0 Å². The highest BCUT2D eigenvalue weighted by Crippen LogP contribution is 2.40. The van der Waals surface area contributed by atoms with Crippen molar-refractivity contribution in [2.45, 2.75) is 45.6 Å². The van der Waals surface area contributed by atoms with Crippen molar-refractivity contribution in [3.63, 3.8) is 0 Å². The van der Waals surface area contributed by atoms with E-state index in [-0.39, 0.29) is 0 Å². The van der Waals surface area contributed by atoms with E-state index in [2.05, 4.69) is 31.7 Å². The van der Waals surface area contributed by atoms with Gasteiger partial charge in [0, 0.05) is 18.7 Å². The molecule has 0 saturated carbocycles. The molecule has 1 heterocycles. The van der Waals surface area contributed by atoms with Crippen molar-refractivity contribution in [2.75, 3.05) is 26.7 Å². The molecular weight excluding hydrogens is 250 g/mol. The van der Waals surface area contributed by atoms with E-state index in [1.807, 2.05) is 6.07 Å². The second-order valence-electron chi connectivity index (χ2n) is 6.03. The fourth-order valence-electron chi connectivity index (χ4n) is 3.40. The smallest absolute Gasteiger partial charge is 0.125 e. The number of likely N-dealkylation sites (tertiary alicyclic amines) is 1. The molecule has 0 bridgehead atoms. The van der Waals surface area contributed by atoms with Gasteiger partial charge in [0.15, 0.2) is 0 Å². The number of ether oxygens (including phenoxy) is 1. The molecule has 1 saturated heterocycles. The monoisotopic (exact) mass is 277 g/mol. The summed E-state index contributed by atoms with van der Waals surface area (Å²) >= 11 is 0. The Kier molecular flexibility index (Phi) is 4.71. The van der Waals surface area contributed by atoms with E-state index >= 15 is 0 Å². The number of methoxy groups -OCH3 is 1. The average molecular weight is 277 g/mol. The van der Waals surface area contributed by atoms with Gasteiger partial charge in [-0.2, -0.15) is 0 Å². The Morgan fingerprint density at radius 3 is 2.45 bits per heavy atom. The third-order valence-corrected chi connectivity index (χ3v) is 4.35. The SMILES string of the molecule is CCCN1CCC(O)(c2c(C)cc(C)cc2OC)CC1. The number of hydrogen-bond acceptors (Lipinski definition) is 3. The van der Waals surface area contributed by atoms with Crippen LogP contribution in [0.4, 0.5) is 0 Å². The fraction of sp³-hybridized carbons (Fsp3) is 0.647. The average Bonchev–Trinajstić information content (AvgIpc) is 2.40. The summed E-state index contributed by atoms with van der Waals surface area (Å²) in [6, 6.07) is 4.16. The van der Waals surface area contributed by atoms with Gasteiger partial charge in [0.05, 0.1) is 12.7 Å². The molecule has 0 amide bonds. The van der Waals surface area contributed by atoms with Gasteiger partial charge in [0.1, 0.15) is 5.75 Å². The Morgan fingerprint density at radius 2 is 1.90 bits per heavy atom. The number of benzene rings is 1. The van der Waals surface area contributed by atoms with E-state index < -0.39 is 5.60 Å². The molecule has 1 aliphatic heterocycles. The number of rotatable bonds is 4. The van der Waals surface area contributed by atoms with Crippen LogP contribution in [0.25, 0.3) is 0 Å². The van der Waals surface area contributed by atoms with Crippen LogP contribution in [-0.4, -0.2) is 36.8 Å². The summed E-state index contributed by atoms with van der Waals surface area (Å²) in [5.74, 6) is 0.828. The van der Waals surface area contributed by atoms with E-state index in [4.69, 9.17) is 4.74 Å². The summed E-state index contributed by atoms with van der Waals surface area (Å²) in [5.41, 5.74) is 2.55. The minimum Gasteiger partial charge on any atom is -0.496 e. The number of hydrogen-bond donors (Lipinski definition) is 1. The molecule has 112 valence electrons. The first-order valence-electron chi connectivity index (χ1n) is 7.60. The summed E-state index contributed by atoms with van der Waals surface area (Å²) in [4.78, 5) is 2.43. The van der Waals surface area contributed by atoms with Crippen molar-refractivity contribution in [2.24, 2.45) is 0 Å². The van der Waals surface area contributed by atoms with Gasteiger partial charge in [-0.15, -0.1) is 0 Å². The summed E-state index contributed by atoms with van der Waals surface area (Å²) < 4.78 is 5.53. The van der Waals surface area contributed by atoms with Crippen LogP contribution in [0.15, 0.2) is 12.1 Å². The highest BCUT2D eigenvalue weighted by molar-refractivity contribution is 5.46. The van der Waals surface area contributed by atoms with Gasteiger partial charge >= 0.3 is 0 Å². The van der Waals surface area contributed by atoms with Crippen molar-refractivity contribution < 1.29 is 9.84 Å². The van der Waals surface area contributed by atoms with Crippen LogP contribution >= 0.6 is 0 Å². The number of piperidine rings is 1. The molecule has 1 fully saturated rings. The fourth-order valence-corrected chi connectivity index (χ4v) is 3.40. The van der Waals surface area contributed by atoms with Gasteiger partial charge in [-0.1, -0.05) is 13.0 Å². The van der Waals surface area contributed by atoms with Gasteiger partial charge in [0.25, 0.3) is 0 Å². The molecule has 2 rings (SSSR count). The van der Waals surface area contributed by atoms with Gasteiger partial charge in [0.2, 0.25) is 0 Å².